The van der Waals surface area contributed by atoms with Crippen LogP contribution in [0.25, 0.3) is 10.4 Å². The highest BCUT2D eigenvalue weighted by molar-refractivity contribution is 7.88. The van der Waals surface area contributed by atoms with Crippen molar-refractivity contribution >= 4 is 38.2 Å². The molecule has 31 heavy (non-hydrogen) atoms. The molecule has 2 heterocycles. The number of carbonyl (C=O) groups excluding carboxylic acids is 2. The zero-order chi connectivity index (χ0) is 22.6. The molecular weight excluding hydrogens is 438 g/mol. The minimum absolute atomic E-state index is 0.240. The summed E-state index contributed by atoms with van der Waals surface area (Å²) in [5.74, 6) is -0.731. The number of anilines is 1. The van der Waals surface area contributed by atoms with Crippen LogP contribution in [-0.4, -0.2) is 74.6 Å². The van der Waals surface area contributed by atoms with E-state index in [0.717, 1.165) is 10.4 Å². The Hall–Kier alpha value is -2.27. The number of amides is 1. The molecule has 1 unspecified atom stereocenters. The molecule has 0 radical (unpaired) electrons. The first-order valence-corrected chi connectivity index (χ1v) is 12.7. The Morgan fingerprint density at radius 3 is 2.39 bits per heavy atom. The number of rotatable bonds is 7. The normalized spacial score (nSPS) is 16.6. The third-order valence-corrected chi connectivity index (χ3v) is 7.59. The lowest BCUT2D eigenvalue weighted by Gasteiger charge is -2.36. The number of hydrogen-bond donors (Lipinski definition) is 1. The summed E-state index contributed by atoms with van der Waals surface area (Å²) >= 11 is 1.32. The summed E-state index contributed by atoms with van der Waals surface area (Å²) in [5, 5.41) is 3.33. The van der Waals surface area contributed by atoms with Crippen LogP contribution in [0.5, 0.6) is 0 Å². The number of piperazine rings is 1. The van der Waals surface area contributed by atoms with Gasteiger partial charge in [0.05, 0.1) is 24.5 Å². The molecule has 1 atom stereocenters. The zero-order valence-corrected chi connectivity index (χ0v) is 19.5. The largest absolute Gasteiger partial charge is 0.462 e. The van der Waals surface area contributed by atoms with E-state index < -0.39 is 22.0 Å². The molecule has 3 rings (SSSR count). The van der Waals surface area contributed by atoms with Crippen LogP contribution in [0.4, 0.5) is 5.00 Å². The molecular formula is C21H27N3O5S2. The third-order valence-electron chi connectivity index (χ3n) is 5.19. The summed E-state index contributed by atoms with van der Waals surface area (Å²) in [6.07, 6.45) is 1.19. The van der Waals surface area contributed by atoms with E-state index in [1.54, 1.807) is 19.9 Å². The minimum atomic E-state index is -3.23. The summed E-state index contributed by atoms with van der Waals surface area (Å²) in [6.45, 7) is 5.38. The molecule has 1 aromatic carbocycles. The molecule has 1 aliphatic rings. The average molecular weight is 466 g/mol. The SMILES string of the molecule is CCOC(=O)c1cc(-c2ccccc2)sc1NC(=O)C(C)N1CCN(S(C)(=O)=O)CC1. The van der Waals surface area contributed by atoms with Crippen molar-refractivity contribution in [2.24, 2.45) is 0 Å². The quantitative estimate of drug-likeness (QED) is 0.631. The van der Waals surface area contributed by atoms with Crippen LogP contribution in [-0.2, 0) is 19.6 Å². The van der Waals surface area contributed by atoms with Gasteiger partial charge in [-0.2, -0.15) is 4.31 Å². The third kappa shape index (κ3) is 5.70. The van der Waals surface area contributed by atoms with E-state index in [0.29, 0.717) is 36.7 Å². The van der Waals surface area contributed by atoms with Crippen molar-refractivity contribution in [2.45, 2.75) is 19.9 Å². The zero-order valence-electron chi connectivity index (χ0n) is 17.8. The van der Waals surface area contributed by atoms with Crippen LogP contribution in [0.2, 0.25) is 0 Å². The van der Waals surface area contributed by atoms with Crippen molar-refractivity contribution in [2.75, 3.05) is 44.4 Å². The van der Waals surface area contributed by atoms with E-state index >= 15 is 0 Å². The predicted octanol–water partition coefficient (Wildman–Crippen LogP) is 2.50. The Kier molecular flexibility index (Phi) is 7.47. The maximum Gasteiger partial charge on any atom is 0.341 e. The van der Waals surface area contributed by atoms with Gasteiger partial charge in [-0.15, -0.1) is 11.3 Å². The molecule has 1 N–H and O–H groups in total. The molecule has 1 aliphatic heterocycles. The first-order chi connectivity index (χ1) is 14.7. The van der Waals surface area contributed by atoms with Gasteiger partial charge < -0.3 is 10.1 Å². The second-order valence-electron chi connectivity index (χ2n) is 7.30. The smallest absolute Gasteiger partial charge is 0.341 e. The number of benzene rings is 1. The lowest BCUT2D eigenvalue weighted by atomic mass is 10.1. The van der Waals surface area contributed by atoms with Crippen molar-refractivity contribution < 1.29 is 22.7 Å². The van der Waals surface area contributed by atoms with Crippen LogP contribution in [0.15, 0.2) is 36.4 Å². The van der Waals surface area contributed by atoms with Crippen LogP contribution in [0.3, 0.4) is 0 Å². The van der Waals surface area contributed by atoms with Crippen LogP contribution < -0.4 is 5.32 Å². The molecule has 1 fully saturated rings. The summed E-state index contributed by atoms with van der Waals surface area (Å²) in [6, 6.07) is 10.9. The van der Waals surface area contributed by atoms with Crippen LogP contribution >= 0.6 is 11.3 Å². The van der Waals surface area contributed by atoms with Gasteiger partial charge in [-0.1, -0.05) is 30.3 Å². The van der Waals surface area contributed by atoms with E-state index in [2.05, 4.69) is 5.32 Å². The van der Waals surface area contributed by atoms with Gasteiger partial charge in [0.15, 0.2) is 0 Å². The number of sulfonamides is 1. The Morgan fingerprint density at radius 2 is 1.81 bits per heavy atom. The highest BCUT2D eigenvalue weighted by Crippen LogP contribution is 2.36. The lowest BCUT2D eigenvalue weighted by Crippen LogP contribution is -2.53. The van der Waals surface area contributed by atoms with Gasteiger partial charge in [-0.05, 0) is 25.5 Å². The fourth-order valence-corrected chi connectivity index (χ4v) is 5.27. The molecule has 1 aromatic heterocycles. The second kappa shape index (κ2) is 9.90. The molecule has 0 bridgehead atoms. The maximum atomic E-state index is 12.9. The molecule has 2 aromatic rings. The maximum absolute atomic E-state index is 12.9. The molecule has 10 heteroatoms. The Morgan fingerprint density at radius 1 is 1.16 bits per heavy atom. The van der Waals surface area contributed by atoms with E-state index in [1.807, 2.05) is 35.2 Å². The number of nitrogens with zero attached hydrogens (tertiary/aromatic N) is 2. The predicted molar refractivity (Wildman–Crippen MR) is 122 cm³/mol. The standard InChI is InChI=1S/C21H27N3O5S2/c1-4-29-21(26)17-14-18(16-8-6-5-7-9-16)30-20(17)22-19(25)15(2)23-10-12-24(13-11-23)31(3,27)28/h5-9,14-15H,4,10-13H2,1-3H3,(H,22,25). The Balaban J connectivity index is 1.75. The van der Waals surface area contributed by atoms with Crippen molar-refractivity contribution in [3.05, 3.63) is 42.0 Å². The number of esters is 1. The molecule has 1 saturated heterocycles. The first-order valence-electron chi connectivity index (χ1n) is 10.1. The van der Waals surface area contributed by atoms with E-state index in [9.17, 15) is 18.0 Å². The fraction of sp³-hybridized carbons (Fsp3) is 0.429. The van der Waals surface area contributed by atoms with Crippen molar-refractivity contribution in [3.8, 4) is 10.4 Å². The summed E-state index contributed by atoms with van der Waals surface area (Å²) in [4.78, 5) is 28.2. The van der Waals surface area contributed by atoms with Gasteiger partial charge in [-0.25, -0.2) is 13.2 Å². The number of ether oxygens (including phenoxy) is 1. The van der Waals surface area contributed by atoms with Gasteiger partial charge in [0.25, 0.3) is 0 Å². The molecule has 0 aliphatic carbocycles. The van der Waals surface area contributed by atoms with Gasteiger partial charge in [0, 0.05) is 31.1 Å². The van der Waals surface area contributed by atoms with Gasteiger partial charge in [-0.3, -0.25) is 9.69 Å². The fourth-order valence-electron chi connectivity index (χ4n) is 3.39. The molecule has 0 spiro atoms. The molecule has 1 amide bonds. The summed E-state index contributed by atoms with van der Waals surface area (Å²) < 4.78 is 30.0. The average Bonchev–Trinajstić information content (AvgIpc) is 3.17. The highest BCUT2D eigenvalue weighted by atomic mass is 32.2. The van der Waals surface area contributed by atoms with E-state index in [1.165, 1.54) is 21.9 Å². The van der Waals surface area contributed by atoms with E-state index in [4.69, 9.17) is 4.74 Å². The van der Waals surface area contributed by atoms with Gasteiger partial charge in [0.1, 0.15) is 5.00 Å². The van der Waals surface area contributed by atoms with Crippen molar-refractivity contribution in [1.82, 2.24) is 9.21 Å². The highest BCUT2D eigenvalue weighted by Gasteiger charge is 2.30. The Bertz CT molecular complexity index is 1030. The van der Waals surface area contributed by atoms with Gasteiger partial charge >= 0.3 is 5.97 Å². The minimum Gasteiger partial charge on any atom is -0.462 e. The summed E-state index contributed by atoms with van der Waals surface area (Å²) in [7, 11) is -3.23. The molecule has 0 saturated carbocycles. The number of nitrogens with one attached hydrogen (secondary N) is 1. The summed E-state index contributed by atoms with van der Waals surface area (Å²) in [5.41, 5.74) is 1.27. The molecule has 168 valence electrons. The molecule has 8 nitrogen and oxygen atoms in total. The topological polar surface area (TPSA) is 96.0 Å². The van der Waals surface area contributed by atoms with Crippen molar-refractivity contribution in [1.29, 1.82) is 0 Å². The number of carbonyl (C=O) groups is 2. The van der Waals surface area contributed by atoms with Crippen LogP contribution in [0, 0.1) is 0 Å². The number of thiophene rings is 1. The van der Waals surface area contributed by atoms with E-state index in [-0.39, 0.29) is 12.5 Å². The van der Waals surface area contributed by atoms with Gasteiger partial charge in [0.2, 0.25) is 15.9 Å². The van der Waals surface area contributed by atoms with Crippen LogP contribution in [0.1, 0.15) is 24.2 Å². The Labute approximate surface area is 186 Å². The number of hydrogen-bond acceptors (Lipinski definition) is 7. The second-order valence-corrected chi connectivity index (χ2v) is 10.3. The monoisotopic (exact) mass is 465 g/mol. The van der Waals surface area contributed by atoms with Crippen molar-refractivity contribution in [3.63, 3.8) is 0 Å². The lowest BCUT2D eigenvalue weighted by molar-refractivity contribution is -0.121. The first kappa shape index (κ1) is 23.4.